The van der Waals surface area contributed by atoms with Crippen molar-refractivity contribution in [3.8, 4) is 11.1 Å². The highest BCUT2D eigenvalue weighted by atomic mass is 16.2. The number of H-pyrrole nitrogens is 1. The molecule has 0 unspecified atom stereocenters. The lowest BCUT2D eigenvalue weighted by molar-refractivity contribution is -0.117. The first-order valence-corrected chi connectivity index (χ1v) is 11.2. The number of hydrogen-bond acceptors (Lipinski definition) is 5. The van der Waals surface area contributed by atoms with Gasteiger partial charge in [-0.2, -0.15) is 0 Å². The highest BCUT2D eigenvalue weighted by Gasteiger charge is 2.24. The Bertz CT molecular complexity index is 1170. The molecule has 7 nitrogen and oxygen atoms in total. The first-order valence-electron chi connectivity index (χ1n) is 11.2. The zero-order valence-electron chi connectivity index (χ0n) is 18.0. The Morgan fingerprint density at radius 1 is 1.00 bits per heavy atom. The van der Waals surface area contributed by atoms with Gasteiger partial charge in [-0.15, -0.1) is 0 Å². The van der Waals surface area contributed by atoms with E-state index >= 15 is 0 Å². The van der Waals surface area contributed by atoms with E-state index in [1.165, 1.54) is 0 Å². The fourth-order valence-corrected chi connectivity index (χ4v) is 4.54. The van der Waals surface area contributed by atoms with Gasteiger partial charge in [-0.1, -0.05) is 48.5 Å². The number of aromatic nitrogens is 2. The third kappa shape index (κ3) is 4.29. The smallest absolute Gasteiger partial charge is 0.257 e. The standard InChI is InChI=1S/C25H27N5O2/c31-23(26-21-11-5-4-10-19(21)18-8-2-1-3-9-18)17-29-15-12-22-20(16-29)24(32)28-25(27-22)30-13-6-7-14-30/h1-5,8-11H,6-7,12-17H2,(H,26,31)(H,27,28,32). The van der Waals surface area contributed by atoms with Crippen molar-refractivity contribution >= 4 is 17.5 Å². The maximum absolute atomic E-state index is 12.8. The summed E-state index contributed by atoms with van der Waals surface area (Å²) in [5, 5.41) is 3.05. The number of aromatic amines is 1. The lowest BCUT2D eigenvalue weighted by Crippen LogP contribution is -2.40. The number of nitrogens with one attached hydrogen (secondary N) is 2. The molecule has 0 saturated carbocycles. The van der Waals surface area contributed by atoms with Gasteiger partial charge in [0.05, 0.1) is 17.8 Å². The Morgan fingerprint density at radius 3 is 2.56 bits per heavy atom. The molecule has 5 rings (SSSR count). The molecule has 2 aliphatic rings. The fourth-order valence-electron chi connectivity index (χ4n) is 4.54. The van der Waals surface area contributed by atoms with E-state index in [2.05, 4.69) is 15.2 Å². The fraction of sp³-hybridized carbons (Fsp3) is 0.320. The molecule has 2 aromatic carbocycles. The first kappa shape index (κ1) is 20.5. The van der Waals surface area contributed by atoms with E-state index in [1.807, 2.05) is 59.5 Å². The molecule has 1 saturated heterocycles. The van der Waals surface area contributed by atoms with Gasteiger partial charge in [-0.25, -0.2) is 4.98 Å². The van der Waals surface area contributed by atoms with Gasteiger partial charge in [0.1, 0.15) is 0 Å². The summed E-state index contributed by atoms with van der Waals surface area (Å²) in [6.45, 7) is 3.26. The van der Waals surface area contributed by atoms with E-state index in [1.54, 1.807) is 0 Å². The number of hydrogen-bond donors (Lipinski definition) is 2. The Kier molecular flexibility index (Phi) is 5.73. The Labute approximate surface area is 187 Å². The topological polar surface area (TPSA) is 81.3 Å². The minimum Gasteiger partial charge on any atom is -0.342 e. The van der Waals surface area contributed by atoms with Crippen molar-refractivity contribution in [3.05, 3.63) is 76.2 Å². The quantitative estimate of drug-likeness (QED) is 0.652. The first-order chi connectivity index (χ1) is 15.7. The van der Waals surface area contributed by atoms with Crippen molar-refractivity contribution in [2.24, 2.45) is 0 Å². The van der Waals surface area contributed by atoms with Gasteiger partial charge in [0.2, 0.25) is 11.9 Å². The van der Waals surface area contributed by atoms with Crippen LogP contribution in [0.5, 0.6) is 0 Å². The largest absolute Gasteiger partial charge is 0.342 e. The van der Waals surface area contributed by atoms with Crippen LogP contribution in [0.2, 0.25) is 0 Å². The minimum atomic E-state index is -0.0881. The van der Waals surface area contributed by atoms with Gasteiger partial charge in [0.25, 0.3) is 5.56 Å². The van der Waals surface area contributed by atoms with Crippen molar-refractivity contribution in [1.82, 2.24) is 14.9 Å². The van der Waals surface area contributed by atoms with Crippen LogP contribution in [0.4, 0.5) is 11.6 Å². The predicted molar refractivity (Wildman–Crippen MR) is 126 cm³/mol. The highest BCUT2D eigenvalue weighted by molar-refractivity contribution is 5.96. The third-order valence-electron chi connectivity index (χ3n) is 6.19. The lowest BCUT2D eigenvalue weighted by Gasteiger charge is -2.28. The van der Waals surface area contributed by atoms with Crippen LogP contribution in [0.3, 0.4) is 0 Å². The van der Waals surface area contributed by atoms with E-state index in [0.29, 0.717) is 31.0 Å². The summed E-state index contributed by atoms with van der Waals surface area (Å²) in [4.78, 5) is 37.4. The zero-order chi connectivity index (χ0) is 21.9. The highest BCUT2D eigenvalue weighted by Crippen LogP contribution is 2.27. The molecule has 1 fully saturated rings. The summed E-state index contributed by atoms with van der Waals surface area (Å²) in [5.41, 5.74) is 4.29. The second-order valence-corrected chi connectivity index (χ2v) is 8.43. The molecule has 0 radical (unpaired) electrons. The van der Waals surface area contributed by atoms with Crippen molar-refractivity contribution in [3.63, 3.8) is 0 Å². The number of fused-ring (bicyclic) bond motifs is 1. The number of anilines is 2. The molecular formula is C25H27N5O2. The van der Waals surface area contributed by atoms with Crippen molar-refractivity contribution in [1.29, 1.82) is 0 Å². The van der Waals surface area contributed by atoms with Crippen molar-refractivity contribution in [2.75, 3.05) is 36.4 Å². The van der Waals surface area contributed by atoms with Crippen LogP contribution >= 0.6 is 0 Å². The summed E-state index contributed by atoms with van der Waals surface area (Å²) < 4.78 is 0. The average molecular weight is 430 g/mol. The van der Waals surface area contributed by atoms with Gasteiger partial charge in [0.15, 0.2) is 0 Å². The summed E-state index contributed by atoms with van der Waals surface area (Å²) in [6, 6.07) is 17.8. The summed E-state index contributed by atoms with van der Waals surface area (Å²) >= 11 is 0. The van der Waals surface area contributed by atoms with Crippen LogP contribution in [-0.4, -0.2) is 47.0 Å². The summed E-state index contributed by atoms with van der Waals surface area (Å²) in [5.74, 6) is 0.602. The van der Waals surface area contributed by atoms with Gasteiger partial charge in [-0.3, -0.25) is 19.5 Å². The number of benzene rings is 2. The van der Waals surface area contributed by atoms with Crippen LogP contribution < -0.4 is 15.8 Å². The molecule has 0 atom stereocenters. The molecule has 2 aliphatic heterocycles. The predicted octanol–water partition coefficient (Wildman–Crippen LogP) is 3.03. The molecule has 1 aromatic heterocycles. The number of amides is 1. The number of carbonyl (C=O) groups is 1. The number of para-hydroxylation sites is 1. The van der Waals surface area contributed by atoms with Gasteiger partial charge < -0.3 is 10.2 Å². The zero-order valence-corrected chi connectivity index (χ0v) is 18.0. The second-order valence-electron chi connectivity index (χ2n) is 8.43. The van der Waals surface area contributed by atoms with Gasteiger partial charge in [0, 0.05) is 43.9 Å². The van der Waals surface area contributed by atoms with Crippen molar-refractivity contribution in [2.45, 2.75) is 25.8 Å². The molecule has 3 heterocycles. The molecular weight excluding hydrogens is 402 g/mol. The number of nitrogens with zero attached hydrogens (tertiary/aromatic N) is 3. The monoisotopic (exact) mass is 429 g/mol. The maximum Gasteiger partial charge on any atom is 0.257 e. The normalized spacial score (nSPS) is 16.1. The third-order valence-corrected chi connectivity index (χ3v) is 6.19. The number of carbonyl (C=O) groups excluding carboxylic acids is 1. The van der Waals surface area contributed by atoms with Gasteiger partial charge >= 0.3 is 0 Å². The van der Waals surface area contributed by atoms with Crippen LogP contribution in [0.25, 0.3) is 11.1 Å². The van der Waals surface area contributed by atoms with E-state index in [9.17, 15) is 9.59 Å². The van der Waals surface area contributed by atoms with Crippen LogP contribution in [-0.2, 0) is 17.8 Å². The lowest BCUT2D eigenvalue weighted by atomic mass is 10.0. The molecule has 7 heteroatoms. The molecule has 2 N–H and O–H groups in total. The molecule has 32 heavy (non-hydrogen) atoms. The van der Waals surface area contributed by atoms with Crippen LogP contribution in [0.1, 0.15) is 24.1 Å². The molecule has 3 aromatic rings. The molecule has 0 spiro atoms. The van der Waals surface area contributed by atoms with E-state index in [-0.39, 0.29) is 18.0 Å². The van der Waals surface area contributed by atoms with E-state index in [4.69, 9.17) is 4.98 Å². The SMILES string of the molecule is O=C(CN1CCc2nc(N3CCCC3)[nH]c(=O)c2C1)Nc1ccccc1-c1ccccc1. The minimum absolute atomic E-state index is 0.0866. The number of rotatable bonds is 5. The van der Waals surface area contributed by atoms with Crippen molar-refractivity contribution < 1.29 is 4.79 Å². The molecule has 0 aliphatic carbocycles. The molecule has 164 valence electrons. The van der Waals surface area contributed by atoms with Crippen LogP contribution in [0, 0.1) is 0 Å². The molecule has 0 bridgehead atoms. The second kappa shape index (κ2) is 8.96. The van der Waals surface area contributed by atoms with Crippen LogP contribution in [0.15, 0.2) is 59.4 Å². The van der Waals surface area contributed by atoms with Gasteiger partial charge in [-0.05, 0) is 24.5 Å². The summed E-state index contributed by atoms with van der Waals surface area (Å²) in [7, 11) is 0. The Morgan fingerprint density at radius 2 is 1.75 bits per heavy atom. The maximum atomic E-state index is 12.8. The van der Waals surface area contributed by atoms with E-state index in [0.717, 1.165) is 48.4 Å². The van der Waals surface area contributed by atoms with E-state index < -0.39 is 0 Å². The average Bonchev–Trinajstić information content (AvgIpc) is 3.35. The summed E-state index contributed by atoms with van der Waals surface area (Å²) in [6.07, 6.45) is 2.95. The Hall–Kier alpha value is -3.45. The molecule has 1 amide bonds. The Balaban J connectivity index is 1.27.